The molecule has 1 aromatic carbocycles. The van der Waals surface area contributed by atoms with Crippen LogP contribution >= 0.6 is 15.9 Å². The van der Waals surface area contributed by atoms with E-state index < -0.39 is 0 Å². The van der Waals surface area contributed by atoms with Crippen LogP contribution < -0.4 is 10.5 Å². The van der Waals surface area contributed by atoms with Gasteiger partial charge in [-0.25, -0.2) is 0 Å². The van der Waals surface area contributed by atoms with E-state index in [-0.39, 0.29) is 0 Å². The number of nitrogens with zero attached hydrogens (tertiary/aromatic N) is 2. The normalized spacial score (nSPS) is 10.4. The summed E-state index contributed by atoms with van der Waals surface area (Å²) in [6.45, 7) is 0. The summed E-state index contributed by atoms with van der Waals surface area (Å²) in [6.07, 6.45) is 0. The van der Waals surface area contributed by atoms with E-state index in [4.69, 9.17) is 10.5 Å². The van der Waals surface area contributed by atoms with Crippen LogP contribution in [0.3, 0.4) is 0 Å². The maximum absolute atomic E-state index is 5.74. The van der Waals surface area contributed by atoms with Crippen LogP contribution in [0.15, 0.2) is 28.7 Å². The first-order valence-corrected chi connectivity index (χ1v) is 5.54. The molecule has 2 N–H and O–H groups in total. The van der Waals surface area contributed by atoms with Crippen LogP contribution in [0.2, 0.25) is 0 Å². The first kappa shape index (κ1) is 11.0. The zero-order chi connectivity index (χ0) is 11.7. The van der Waals surface area contributed by atoms with Crippen molar-refractivity contribution in [2.45, 2.75) is 0 Å². The van der Waals surface area contributed by atoms with Crippen LogP contribution in [0.1, 0.15) is 0 Å². The number of benzene rings is 1. The van der Waals surface area contributed by atoms with E-state index >= 15 is 0 Å². The van der Waals surface area contributed by atoms with Gasteiger partial charge in [-0.1, -0.05) is 0 Å². The van der Waals surface area contributed by atoms with Gasteiger partial charge in [-0.2, -0.15) is 5.10 Å². The maximum atomic E-state index is 5.74. The number of aromatic nitrogens is 2. The second-order valence-corrected chi connectivity index (χ2v) is 4.28. The van der Waals surface area contributed by atoms with E-state index in [9.17, 15) is 0 Å². The molecule has 0 fully saturated rings. The Kier molecular flexibility index (Phi) is 2.87. The molecule has 4 nitrogen and oxygen atoms in total. The van der Waals surface area contributed by atoms with E-state index in [2.05, 4.69) is 21.0 Å². The van der Waals surface area contributed by atoms with Crippen LogP contribution in [0.25, 0.3) is 11.3 Å². The molecular weight excluding hydrogens is 270 g/mol. The highest BCUT2D eigenvalue weighted by atomic mass is 79.9. The molecule has 0 saturated heterocycles. The summed E-state index contributed by atoms with van der Waals surface area (Å²) >= 11 is 3.49. The topological polar surface area (TPSA) is 53.1 Å². The van der Waals surface area contributed by atoms with Gasteiger partial charge in [0.2, 0.25) is 0 Å². The van der Waals surface area contributed by atoms with Crippen molar-refractivity contribution in [1.29, 1.82) is 0 Å². The Balaban J connectivity index is 2.48. The molecule has 5 heteroatoms. The molecule has 0 bridgehead atoms. The van der Waals surface area contributed by atoms with Gasteiger partial charge in [0, 0.05) is 23.2 Å². The minimum absolute atomic E-state index is 0.637. The molecule has 0 aliphatic heterocycles. The molecule has 0 aliphatic rings. The Morgan fingerprint density at radius 2 is 2.12 bits per heavy atom. The summed E-state index contributed by atoms with van der Waals surface area (Å²) in [6, 6.07) is 7.59. The molecule has 0 amide bonds. The molecule has 1 aromatic heterocycles. The van der Waals surface area contributed by atoms with Crippen molar-refractivity contribution in [2.24, 2.45) is 7.05 Å². The molecule has 0 radical (unpaired) electrons. The molecule has 1 heterocycles. The molecule has 2 aromatic rings. The first-order valence-electron chi connectivity index (χ1n) is 4.75. The zero-order valence-electron chi connectivity index (χ0n) is 9.07. The minimum atomic E-state index is 0.637. The molecule has 16 heavy (non-hydrogen) atoms. The van der Waals surface area contributed by atoms with Crippen LogP contribution in [0.4, 0.5) is 5.82 Å². The number of aryl methyl sites for hydroxylation is 1. The van der Waals surface area contributed by atoms with E-state index in [1.807, 2.05) is 31.3 Å². The Labute approximate surface area is 102 Å². The highest BCUT2D eigenvalue weighted by Gasteiger charge is 2.09. The molecule has 0 atom stereocenters. The number of ether oxygens (including phenoxy) is 1. The SMILES string of the molecule is COc1ccc(-c2cc(N)n(C)n2)c(Br)c1. The quantitative estimate of drug-likeness (QED) is 0.920. The van der Waals surface area contributed by atoms with Crippen molar-refractivity contribution < 1.29 is 4.74 Å². The Hall–Kier alpha value is -1.49. The average molecular weight is 282 g/mol. The minimum Gasteiger partial charge on any atom is -0.497 e. The lowest BCUT2D eigenvalue weighted by molar-refractivity contribution is 0.414. The zero-order valence-corrected chi connectivity index (χ0v) is 10.7. The van der Waals surface area contributed by atoms with Gasteiger partial charge in [0.05, 0.1) is 12.8 Å². The standard InChI is InChI=1S/C11H12BrN3O/c1-15-11(13)6-10(14-15)8-4-3-7(16-2)5-9(8)12/h3-6H,13H2,1-2H3. The predicted molar refractivity (Wildman–Crippen MR) is 67.3 cm³/mol. The van der Waals surface area contributed by atoms with Gasteiger partial charge in [0.25, 0.3) is 0 Å². The molecule has 0 aliphatic carbocycles. The maximum Gasteiger partial charge on any atom is 0.121 e. The lowest BCUT2D eigenvalue weighted by atomic mass is 10.1. The van der Waals surface area contributed by atoms with Crippen LogP contribution in [-0.4, -0.2) is 16.9 Å². The number of rotatable bonds is 2. The van der Waals surface area contributed by atoms with Gasteiger partial charge in [-0.05, 0) is 34.1 Å². The second kappa shape index (κ2) is 4.17. The number of hydrogen-bond donors (Lipinski definition) is 1. The van der Waals surface area contributed by atoms with Crippen molar-refractivity contribution in [3.05, 3.63) is 28.7 Å². The van der Waals surface area contributed by atoms with Crippen LogP contribution in [0.5, 0.6) is 5.75 Å². The average Bonchev–Trinajstić information content (AvgIpc) is 2.58. The summed E-state index contributed by atoms with van der Waals surface area (Å²) in [5.74, 6) is 1.44. The van der Waals surface area contributed by atoms with Crippen LogP contribution in [-0.2, 0) is 7.05 Å². The van der Waals surface area contributed by atoms with Gasteiger partial charge < -0.3 is 10.5 Å². The van der Waals surface area contributed by atoms with E-state index in [0.717, 1.165) is 21.5 Å². The molecular formula is C11H12BrN3O. The van der Waals surface area contributed by atoms with Crippen molar-refractivity contribution in [1.82, 2.24) is 9.78 Å². The third-order valence-corrected chi connectivity index (χ3v) is 3.02. The largest absolute Gasteiger partial charge is 0.497 e. The number of halogens is 1. The number of nitrogen functional groups attached to an aromatic ring is 1. The fourth-order valence-electron chi connectivity index (χ4n) is 1.44. The highest BCUT2D eigenvalue weighted by molar-refractivity contribution is 9.10. The number of anilines is 1. The predicted octanol–water partition coefficient (Wildman–Crippen LogP) is 2.44. The van der Waals surface area contributed by atoms with E-state index in [0.29, 0.717) is 5.82 Å². The summed E-state index contributed by atoms with van der Waals surface area (Å²) in [5, 5.41) is 4.32. The van der Waals surface area contributed by atoms with Crippen molar-refractivity contribution in [3.63, 3.8) is 0 Å². The molecule has 0 unspecified atom stereocenters. The van der Waals surface area contributed by atoms with Gasteiger partial charge in [-0.3, -0.25) is 4.68 Å². The number of hydrogen-bond acceptors (Lipinski definition) is 3. The van der Waals surface area contributed by atoms with Crippen LogP contribution in [0, 0.1) is 0 Å². The lowest BCUT2D eigenvalue weighted by Crippen LogP contribution is -1.96. The third kappa shape index (κ3) is 1.90. The van der Waals surface area contributed by atoms with Gasteiger partial charge in [0.15, 0.2) is 0 Å². The molecule has 0 spiro atoms. The van der Waals surface area contributed by atoms with Gasteiger partial charge in [-0.15, -0.1) is 0 Å². The van der Waals surface area contributed by atoms with E-state index in [1.165, 1.54) is 0 Å². The molecule has 2 rings (SSSR count). The second-order valence-electron chi connectivity index (χ2n) is 3.42. The third-order valence-electron chi connectivity index (χ3n) is 2.37. The fourth-order valence-corrected chi connectivity index (χ4v) is 2.00. The molecule has 84 valence electrons. The lowest BCUT2D eigenvalue weighted by Gasteiger charge is -2.04. The summed E-state index contributed by atoms with van der Waals surface area (Å²) in [5.41, 5.74) is 7.58. The van der Waals surface area contributed by atoms with Crippen molar-refractivity contribution in [2.75, 3.05) is 12.8 Å². The smallest absolute Gasteiger partial charge is 0.121 e. The molecule has 0 saturated carbocycles. The summed E-state index contributed by atoms with van der Waals surface area (Å²) in [7, 11) is 3.45. The fraction of sp³-hybridized carbons (Fsp3) is 0.182. The van der Waals surface area contributed by atoms with Crippen molar-refractivity contribution in [3.8, 4) is 17.0 Å². The Morgan fingerprint density at radius 1 is 1.38 bits per heavy atom. The van der Waals surface area contributed by atoms with Gasteiger partial charge in [0.1, 0.15) is 11.6 Å². The monoisotopic (exact) mass is 281 g/mol. The summed E-state index contributed by atoms with van der Waals surface area (Å²) in [4.78, 5) is 0. The van der Waals surface area contributed by atoms with Gasteiger partial charge >= 0.3 is 0 Å². The first-order chi connectivity index (χ1) is 7.61. The summed E-state index contributed by atoms with van der Waals surface area (Å²) < 4.78 is 7.71. The number of methoxy groups -OCH3 is 1. The van der Waals surface area contributed by atoms with Crippen molar-refractivity contribution >= 4 is 21.7 Å². The van der Waals surface area contributed by atoms with E-state index in [1.54, 1.807) is 11.8 Å². The highest BCUT2D eigenvalue weighted by Crippen LogP contribution is 2.31. The number of nitrogens with two attached hydrogens (primary N) is 1. The Bertz CT molecular complexity index is 502. The Morgan fingerprint density at radius 3 is 2.62 bits per heavy atom.